The summed E-state index contributed by atoms with van der Waals surface area (Å²) in [5.74, 6) is 0.128. The van der Waals surface area contributed by atoms with E-state index in [2.05, 4.69) is 10.3 Å². The molecule has 0 unspecified atom stereocenters. The smallest absolute Gasteiger partial charge is 0.227 e. The number of hydrogen-bond donors (Lipinski definition) is 1. The molecule has 3 rings (SSSR count). The highest BCUT2D eigenvalue weighted by atomic mass is 19.1. The zero-order chi connectivity index (χ0) is 12.5. The Morgan fingerprint density at radius 3 is 2.83 bits per heavy atom. The summed E-state index contributed by atoms with van der Waals surface area (Å²) in [6.07, 6.45) is 0. The molecule has 0 spiro atoms. The number of benzene rings is 2. The molecule has 4 heteroatoms. The van der Waals surface area contributed by atoms with Gasteiger partial charge < -0.3 is 9.73 Å². The first-order valence-electron chi connectivity index (χ1n) is 5.60. The Hall–Kier alpha value is -2.36. The van der Waals surface area contributed by atoms with Gasteiger partial charge >= 0.3 is 0 Å². The summed E-state index contributed by atoms with van der Waals surface area (Å²) in [5, 5.41) is 3.04. The lowest BCUT2D eigenvalue weighted by atomic mass is 10.2. The highest BCUT2D eigenvalue weighted by Crippen LogP contribution is 2.26. The van der Waals surface area contributed by atoms with E-state index < -0.39 is 0 Å². The number of halogens is 1. The Morgan fingerprint density at radius 1 is 1.17 bits per heavy atom. The van der Waals surface area contributed by atoms with E-state index in [0.29, 0.717) is 17.0 Å². The van der Waals surface area contributed by atoms with Gasteiger partial charge in [0.25, 0.3) is 0 Å². The molecule has 1 N–H and O–H groups in total. The summed E-state index contributed by atoms with van der Waals surface area (Å²) in [4.78, 5) is 4.36. The molecule has 0 saturated heterocycles. The fourth-order valence-electron chi connectivity index (χ4n) is 1.83. The molecule has 0 aliphatic heterocycles. The SMILES string of the molecule is CNc1ccc2oc(-c3cccc(F)c3)nc2c1. The molecule has 3 aromatic rings. The molecular weight excluding hydrogens is 231 g/mol. The Bertz CT molecular complexity index is 706. The van der Waals surface area contributed by atoms with Crippen molar-refractivity contribution in [1.29, 1.82) is 0 Å². The molecule has 1 heterocycles. The van der Waals surface area contributed by atoms with Gasteiger partial charge in [-0.05, 0) is 36.4 Å². The van der Waals surface area contributed by atoms with Crippen LogP contribution in [0.25, 0.3) is 22.6 Å². The summed E-state index contributed by atoms with van der Waals surface area (Å²) in [6, 6.07) is 11.8. The van der Waals surface area contributed by atoms with Crippen LogP contribution in [0.15, 0.2) is 46.9 Å². The van der Waals surface area contributed by atoms with E-state index in [0.717, 1.165) is 11.2 Å². The predicted octanol–water partition coefficient (Wildman–Crippen LogP) is 3.68. The average Bonchev–Trinajstić information content (AvgIpc) is 2.81. The fourth-order valence-corrected chi connectivity index (χ4v) is 1.83. The molecule has 0 saturated carbocycles. The van der Waals surface area contributed by atoms with Crippen LogP contribution in [0.4, 0.5) is 10.1 Å². The predicted molar refractivity (Wildman–Crippen MR) is 68.9 cm³/mol. The molecule has 90 valence electrons. The van der Waals surface area contributed by atoms with Crippen molar-refractivity contribution >= 4 is 16.8 Å². The second-order valence-electron chi connectivity index (χ2n) is 3.96. The van der Waals surface area contributed by atoms with Crippen molar-refractivity contribution in [3.63, 3.8) is 0 Å². The maximum absolute atomic E-state index is 13.1. The summed E-state index contributed by atoms with van der Waals surface area (Å²) < 4.78 is 18.8. The van der Waals surface area contributed by atoms with E-state index in [9.17, 15) is 4.39 Å². The Kier molecular flexibility index (Phi) is 2.48. The molecule has 1 aromatic heterocycles. The van der Waals surface area contributed by atoms with Crippen LogP contribution >= 0.6 is 0 Å². The van der Waals surface area contributed by atoms with Crippen LogP contribution in [0.2, 0.25) is 0 Å². The lowest BCUT2D eigenvalue weighted by molar-refractivity contribution is 0.611. The number of nitrogens with zero attached hydrogens (tertiary/aromatic N) is 1. The minimum Gasteiger partial charge on any atom is -0.436 e. The third-order valence-corrected chi connectivity index (χ3v) is 2.75. The fraction of sp³-hybridized carbons (Fsp3) is 0.0714. The molecule has 2 aromatic carbocycles. The summed E-state index contributed by atoms with van der Waals surface area (Å²) >= 11 is 0. The lowest BCUT2D eigenvalue weighted by Gasteiger charge is -1.96. The topological polar surface area (TPSA) is 38.1 Å². The second-order valence-corrected chi connectivity index (χ2v) is 3.96. The van der Waals surface area contributed by atoms with Crippen LogP contribution in [0.1, 0.15) is 0 Å². The second kappa shape index (κ2) is 4.14. The number of fused-ring (bicyclic) bond motifs is 1. The van der Waals surface area contributed by atoms with E-state index in [1.807, 2.05) is 25.2 Å². The first kappa shape index (κ1) is 10.8. The zero-order valence-electron chi connectivity index (χ0n) is 9.77. The van der Waals surface area contributed by atoms with Crippen LogP contribution < -0.4 is 5.32 Å². The van der Waals surface area contributed by atoms with Crippen LogP contribution in [0, 0.1) is 5.82 Å². The molecule has 0 fully saturated rings. The van der Waals surface area contributed by atoms with Gasteiger partial charge in [0.05, 0.1) is 0 Å². The zero-order valence-corrected chi connectivity index (χ0v) is 9.77. The van der Waals surface area contributed by atoms with Crippen molar-refractivity contribution in [1.82, 2.24) is 4.98 Å². The van der Waals surface area contributed by atoms with Crippen molar-refractivity contribution in [2.24, 2.45) is 0 Å². The van der Waals surface area contributed by atoms with E-state index in [4.69, 9.17) is 4.42 Å². The molecule has 0 bridgehead atoms. The van der Waals surface area contributed by atoms with Gasteiger partial charge in [0.1, 0.15) is 11.3 Å². The van der Waals surface area contributed by atoms with E-state index >= 15 is 0 Å². The normalized spacial score (nSPS) is 10.8. The Labute approximate surface area is 103 Å². The Morgan fingerprint density at radius 2 is 2.06 bits per heavy atom. The monoisotopic (exact) mass is 242 g/mol. The lowest BCUT2D eigenvalue weighted by Crippen LogP contribution is -1.86. The first-order valence-corrected chi connectivity index (χ1v) is 5.60. The van der Waals surface area contributed by atoms with E-state index in [1.165, 1.54) is 12.1 Å². The largest absolute Gasteiger partial charge is 0.436 e. The molecule has 0 aliphatic carbocycles. The van der Waals surface area contributed by atoms with Crippen molar-refractivity contribution in [3.8, 4) is 11.5 Å². The molecule has 0 atom stereocenters. The number of aromatic nitrogens is 1. The summed E-state index contributed by atoms with van der Waals surface area (Å²) in [5.41, 5.74) is 3.04. The maximum atomic E-state index is 13.1. The van der Waals surface area contributed by atoms with Crippen molar-refractivity contribution in [3.05, 3.63) is 48.3 Å². The number of anilines is 1. The highest BCUT2D eigenvalue weighted by Gasteiger charge is 2.09. The van der Waals surface area contributed by atoms with E-state index in [1.54, 1.807) is 12.1 Å². The first-order chi connectivity index (χ1) is 8.76. The van der Waals surface area contributed by atoms with Crippen LogP contribution in [-0.2, 0) is 0 Å². The number of rotatable bonds is 2. The number of nitrogens with one attached hydrogen (secondary N) is 1. The minimum absolute atomic E-state index is 0.300. The summed E-state index contributed by atoms with van der Waals surface area (Å²) in [7, 11) is 1.84. The number of oxazole rings is 1. The molecule has 0 aliphatic rings. The van der Waals surface area contributed by atoms with Gasteiger partial charge in [0.2, 0.25) is 5.89 Å². The molecule has 3 nitrogen and oxygen atoms in total. The van der Waals surface area contributed by atoms with Gasteiger partial charge in [-0.3, -0.25) is 0 Å². The molecule has 0 amide bonds. The van der Waals surface area contributed by atoms with Gasteiger partial charge in [-0.25, -0.2) is 9.37 Å². The van der Waals surface area contributed by atoms with Gasteiger partial charge in [0, 0.05) is 18.3 Å². The number of hydrogen-bond acceptors (Lipinski definition) is 3. The minimum atomic E-state index is -0.300. The van der Waals surface area contributed by atoms with Gasteiger partial charge in [-0.1, -0.05) is 6.07 Å². The van der Waals surface area contributed by atoms with Crippen LogP contribution in [0.3, 0.4) is 0 Å². The van der Waals surface area contributed by atoms with Crippen molar-refractivity contribution < 1.29 is 8.81 Å². The molecule has 0 radical (unpaired) electrons. The third kappa shape index (κ3) is 1.82. The average molecular weight is 242 g/mol. The van der Waals surface area contributed by atoms with Gasteiger partial charge in [-0.2, -0.15) is 0 Å². The maximum Gasteiger partial charge on any atom is 0.227 e. The Balaban J connectivity index is 2.13. The van der Waals surface area contributed by atoms with Crippen LogP contribution in [0.5, 0.6) is 0 Å². The van der Waals surface area contributed by atoms with Crippen molar-refractivity contribution in [2.45, 2.75) is 0 Å². The highest BCUT2D eigenvalue weighted by molar-refractivity contribution is 5.79. The van der Waals surface area contributed by atoms with Crippen molar-refractivity contribution in [2.75, 3.05) is 12.4 Å². The summed E-state index contributed by atoms with van der Waals surface area (Å²) in [6.45, 7) is 0. The third-order valence-electron chi connectivity index (χ3n) is 2.75. The van der Waals surface area contributed by atoms with Gasteiger partial charge in [-0.15, -0.1) is 0 Å². The standard InChI is InChI=1S/C14H11FN2O/c1-16-11-5-6-13-12(8-11)17-14(18-13)9-3-2-4-10(15)7-9/h2-8,16H,1H3. The van der Waals surface area contributed by atoms with E-state index in [-0.39, 0.29) is 5.82 Å². The quantitative estimate of drug-likeness (QED) is 0.745. The molecule has 18 heavy (non-hydrogen) atoms. The van der Waals surface area contributed by atoms with Crippen LogP contribution in [-0.4, -0.2) is 12.0 Å². The molecular formula is C14H11FN2O. The van der Waals surface area contributed by atoms with Gasteiger partial charge in [0.15, 0.2) is 5.58 Å².